The summed E-state index contributed by atoms with van der Waals surface area (Å²) >= 11 is 1.55. The summed E-state index contributed by atoms with van der Waals surface area (Å²) < 4.78 is 1.52. The number of nitrogens with one attached hydrogen (secondary N) is 2. The van der Waals surface area contributed by atoms with Crippen molar-refractivity contribution < 1.29 is 4.79 Å². The van der Waals surface area contributed by atoms with E-state index in [-0.39, 0.29) is 11.6 Å². The van der Waals surface area contributed by atoms with Gasteiger partial charge in [0.25, 0.3) is 5.91 Å². The highest BCUT2D eigenvalue weighted by atomic mass is 32.1. The second-order valence-electron chi connectivity index (χ2n) is 6.85. The number of anilines is 1. The Morgan fingerprint density at radius 3 is 2.83 bits per heavy atom. The highest BCUT2D eigenvalue weighted by molar-refractivity contribution is 7.15. The largest absolute Gasteiger partial charge is 0.347 e. The molecule has 0 aliphatic heterocycles. The topological polar surface area (TPSA) is 83.0 Å². The first-order valence-electron chi connectivity index (χ1n) is 9.18. The molecule has 0 aliphatic carbocycles. The van der Waals surface area contributed by atoms with Crippen LogP contribution in [0.4, 0.5) is 5.13 Å². The summed E-state index contributed by atoms with van der Waals surface area (Å²) in [5, 5.41) is 3.82. The molecule has 2 aromatic carbocycles. The van der Waals surface area contributed by atoms with Crippen LogP contribution in [-0.4, -0.2) is 27.5 Å². The van der Waals surface area contributed by atoms with Gasteiger partial charge in [-0.3, -0.25) is 9.36 Å². The number of carbonyl (C=O) groups excluding carboxylic acids is 1. The molecule has 0 saturated heterocycles. The maximum Gasteiger partial charge on any atom is 0.326 e. The summed E-state index contributed by atoms with van der Waals surface area (Å²) in [7, 11) is 3.70. The molecule has 4 rings (SSSR count). The molecule has 148 valence electrons. The lowest BCUT2D eigenvalue weighted by Crippen LogP contribution is -2.22. The van der Waals surface area contributed by atoms with Crippen molar-refractivity contribution in [3.8, 4) is 0 Å². The van der Waals surface area contributed by atoms with Crippen LogP contribution in [0.2, 0.25) is 0 Å². The van der Waals surface area contributed by atoms with Crippen molar-refractivity contribution in [1.82, 2.24) is 19.9 Å². The molecule has 0 unspecified atom stereocenters. The van der Waals surface area contributed by atoms with E-state index in [1.165, 1.54) is 10.1 Å². The van der Waals surface area contributed by atoms with Gasteiger partial charge in [0.1, 0.15) is 0 Å². The molecule has 0 radical (unpaired) electrons. The van der Waals surface area contributed by atoms with Gasteiger partial charge in [-0.25, -0.2) is 9.78 Å². The molecule has 0 fully saturated rings. The van der Waals surface area contributed by atoms with E-state index >= 15 is 0 Å². The molecule has 0 saturated carbocycles. The van der Waals surface area contributed by atoms with Crippen LogP contribution < -0.4 is 15.9 Å². The third-order valence-corrected chi connectivity index (χ3v) is 5.83. The SMILES string of the molecule is CN(Cc1ccccc1)c1ncc(CNC(=O)c2ccc3c(c2)[nH]c(=O)n3C)s1. The number of amides is 1. The Kier molecular flexibility index (Phi) is 5.18. The highest BCUT2D eigenvalue weighted by Crippen LogP contribution is 2.23. The van der Waals surface area contributed by atoms with Gasteiger partial charge in [-0.15, -0.1) is 11.3 Å². The minimum absolute atomic E-state index is 0.191. The average Bonchev–Trinajstić information content (AvgIpc) is 3.31. The lowest BCUT2D eigenvalue weighted by molar-refractivity contribution is 0.0951. The number of carbonyl (C=O) groups is 1. The van der Waals surface area contributed by atoms with Crippen molar-refractivity contribution in [2.75, 3.05) is 11.9 Å². The van der Waals surface area contributed by atoms with Crippen LogP contribution in [0.15, 0.2) is 59.5 Å². The molecule has 1 amide bonds. The van der Waals surface area contributed by atoms with Crippen molar-refractivity contribution >= 4 is 33.4 Å². The van der Waals surface area contributed by atoms with Gasteiger partial charge in [-0.2, -0.15) is 0 Å². The normalized spacial score (nSPS) is 11.0. The molecule has 8 heteroatoms. The molecule has 4 aromatic rings. The Labute approximate surface area is 171 Å². The predicted octanol–water partition coefficient (Wildman–Crippen LogP) is 2.89. The summed E-state index contributed by atoms with van der Waals surface area (Å²) in [5.74, 6) is -0.191. The summed E-state index contributed by atoms with van der Waals surface area (Å²) in [6.07, 6.45) is 1.79. The quantitative estimate of drug-likeness (QED) is 0.515. The minimum Gasteiger partial charge on any atom is -0.347 e. The number of nitrogens with zero attached hydrogens (tertiary/aromatic N) is 3. The predicted molar refractivity (Wildman–Crippen MR) is 115 cm³/mol. The minimum atomic E-state index is -0.200. The lowest BCUT2D eigenvalue weighted by atomic mass is 10.2. The maximum absolute atomic E-state index is 12.5. The number of aromatic nitrogens is 3. The van der Waals surface area contributed by atoms with E-state index in [4.69, 9.17) is 0 Å². The first kappa shape index (κ1) is 18.9. The third-order valence-electron chi connectivity index (χ3n) is 4.72. The molecule has 0 atom stereocenters. The number of thiazole rings is 1. The first-order chi connectivity index (χ1) is 14.0. The van der Waals surface area contributed by atoms with Crippen LogP contribution in [-0.2, 0) is 20.1 Å². The smallest absolute Gasteiger partial charge is 0.326 e. The number of fused-ring (bicyclic) bond motifs is 1. The molecule has 0 bridgehead atoms. The summed E-state index contributed by atoms with van der Waals surface area (Å²) in [4.78, 5) is 34.5. The van der Waals surface area contributed by atoms with Crippen LogP contribution in [0.25, 0.3) is 11.0 Å². The van der Waals surface area contributed by atoms with Crippen molar-refractivity contribution in [3.05, 3.63) is 81.2 Å². The summed E-state index contributed by atoms with van der Waals surface area (Å²) in [6, 6.07) is 15.4. The number of aromatic amines is 1. The molecule has 0 aliphatic rings. The Bertz CT molecular complexity index is 1210. The van der Waals surface area contributed by atoms with Crippen LogP contribution in [0.5, 0.6) is 0 Å². The molecule has 2 N–H and O–H groups in total. The van der Waals surface area contributed by atoms with Gasteiger partial charge in [0, 0.05) is 37.3 Å². The van der Waals surface area contributed by atoms with E-state index < -0.39 is 0 Å². The Morgan fingerprint density at radius 1 is 1.24 bits per heavy atom. The number of hydrogen-bond acceptors (Lipinski definition) is 5. The van der Waals surface area contributed by atoms with Gasteiger partial charge in [0.2, 0.25) is 0 Å². The number of hydrogen-bond donors (Lipinski definition) is 2. The molecule has 29 heavy (non-hydrogen) atoms. The summed E-state index contributed by atoms with van der Waals surface area (Å²) in [5.41, 5.74) is 2.93. The molecule has 2 aromatic heterocycles. The number of imidazole rings is 1. The second-order valence-corrected chi connectivity index (χ2v) is 7.95. The van der Waals surface area contributed by atoms with Gasteiger partial charge in [-0.1, -0.05) is 30.3 Å². The Hall–Kier alpha value is -3.39. The number of aryl methyl sites for hydroxylation is 1. The maximum atomic E-state index is 12.5. The van der Waals surface area contributed by atoms with Gasteiger partial charge >= 0.3 is 5.69 Å². The average molecular weight is 407 g/mol. The van der Waals surface area contributed by atoms with E-state index in [2.05, 4.69) is 32.3 Å². The van der Waals surface area contributed by atoms with Crippen LogP contribution in [0.3, 0.4) is 0 Å². The van der Waals surface area contributed by atoms with E-state index in [0.29, 0.717) is 17.6 Å². The van der Waals surface area contributed by atoms with E-state index in [0.717, 1.165) is 22.1 Å². The molecular weight excluding hydrogens is 386 g/mol. The fraction of sp³-hybridized carbons (Fsp3) is 0.190. The molecule has 0 spiro atoms. The van der Waals surface area contributed by atoms with Gasteiger partial charge < -0.3 is 15.2 Å². The van der Waals surface area contributed by atoms with Crippen LogP contribution >= 0.6 is 11.3 Å². The van der Waals surface area contributed by atoms with E-state index in [1.807, 2.05) is 25.2 Å². The van der Waals surface area contributed by atoms with Crippen molar-refractivity contribution in [1.29, 1.82) is 0 Å². The fourth-order valence-electron chi connectivity index (χ4n) is 3.13. The van der Waals surface area contributed by atoms with Crippen LogP contribution in [0, 0.1) is 0 Å². The monoisotopic (exact) mass is 407 g/mol. The van der Waals surface area contributed by atoms with E-state index in [9.17, 15) is 9.59 Å². The second kappa shape index (κ2) is 7.92. The Balaban J connectivity index is 1.39. The zero-order valence-corrected chi connectivity index (χ0v) is 17.0. The number of H-pyrrole nitrogens is 1. The highest BCUT2D eigenvalue weighted by Gasteiger charge is 2.12. The van der Waals surface area contributed by atoms with Crippen molar-refractivity contribution in [2.24, 2.45) is 7.05 Å². The fourth-order valence-corrected chi connectivity index (χ4v) is 3.94. The lowest BCUT2D eigenvalue weighted by Gasteiger charge is -2.15. The summed E-state index contributed by atoms with van der Waals surface area (Å²) in [6.45, 7) is 1.18. The zero-order chi connectivity index (χ0) is 20.4. The first-order valence-corrected chi connectivity index (χ1v) is 9.99. The zero-order valence-electron chi connectivity index (χ0n) is 16.2. The van der Waals surface area contributed by atoms with Gasteiger partial charge in [-0.05, 0) is 23.8 Å². The molecule has 7 nitrogen and oxygen atoms in total. The van der Waals surface area contributed by atoms with Gasteiger partial charge in [0.15, 0.2) is 5.13 Å². The number of benzene rings is 2. The number of rotatable bonds is 6. The van der Waals surface area contributed by atoms with Crippen molar-refractivity contribution in [2.45, 2.75) is 13.1 Å². The van der Waals surface area contributed by atoms with Gasteiger partial charge in [0.05, 0.1) is 17.6 Å². The third kappa shape index (κ3) is 4.07. The van der Waals surface area contributed by atoms with E-state index in [1.54, 1.807) is 42.8 Å². The van der Waals surface area contributed by atoms with Crippen molar-refractivity contribution in [3.63, 3.8) is 0 Å². The Morgan fingerprint density at radius 2 is 2.03 bits per heavy atom. The standard InChI is InChI=1S/C21H21N5O2S/c1-25(13-14-6-4-3-5-7-14)21-23-12-16(29-21)11-22-19(27)15-8-9-18-17(10-15)24-20(28)26(18)2/h3-10,12H,11,13H2,1-2H3,(H,22,27)(H,24,28). The molecular formula is C21H21N5O2S. The van der Waals surface area contributed by atoms with Crippen LogP contribution in [0.1, 0.15) is 20.8 Å². The molecule has 2 heterocycles.